The van der Waals surface area contributed by atoms with E-state index in [0.717, 1.165) is 27.8 Å². The summed E-state index contributed by atoms with van der Waals surface area (Å²) in [5.41, 5.74) is 3.96. The van der Waals surface area contributed by atoms with Crippen molar-refractivity contribution in [3.63, 3.8) is 0 Å². The maximum Gasteiger partial charge on any atom is 0.306 e. The molecule has 0 aliphatic carbocycles. The summed E-state index contributed by atoms with van der Waals surface area (Å²) in [6.45, 7) is 5.38. The van der Waals surface area contributed by atoms with Crippen LogP contribution in [0.4, 0.5) is 0 Å². The van der Waals surface area contributed by atoms with Crippen molar-refractivity contribution in [2.75, 3.05) is 6.61 Å². The van der Waals surface area contributed by atoms with Crippen molar-refractivity contribution in [3.8, 4) is 16.5 Å². The highest BCUT2D eigenvalue weighted by Gasteiger charge is 2.20. The lowest BCUT2D eigenvalue weighted by molar-refractivity contribution is -0.142. The molecule has 8 nitrogen and oxygen atoms in total. The number of hydrogen-bond donors (Lipinski definition) is 0. The molecule has 0 saturated carbocycles. The van der Waals surface area contributed by atoms with Crippen LogP contribution >= 0.6 is 11.3 Å². The van der Waals surface area contributed by atoms with Gasteiger partial charge in [0.25, 0.3) is 0 Å². The van der Waals surface area contributed by atoms with Crippen LogP contribution in [0.1, 0.15) is 39.8 Å². The zero-order valence-electron chi connectivity index (χ0n) is 18.0. The molecular formula is C23H22N4O4S. The topological polar surface area (TPSA) is 100 Å². The van der Waals surface area contributed by atoms with Crippen LogP contribution in [-0.2, 0) is 16.0 Å². The molecule has 3 heterocycles. The van der Waals surface area contributed by atoms with Crippen LogP contribution in [0.5, 0.6) is 0 Å². The minimum absolute atomic E-state index is 0.0428. The Balaban J connectivity index is 1.32. The van der Waals surface area contributed by atoms with Crippen LogP contribution in [0.25, 0.3) is 16.5 Å². The van der Waals surface area contributed by atoms with E-state index in [1.807, 2.05) is 61.1 Å². The molecule has 3 aromatic heterocycles. The number of aromatic nitrogens is 4. The first-order valence-corrected chi connectivity index (χ1v) is 11.0. The lowest BCUT2D eigenvalue weighted by Crippen LogP contribution is -2.15. The van der Waals surface area contributed by atoms with E-state index in [1.54, 1.807) is 6.07 Å². The molecule has 0 aliphatic rings. The number of rotatable bonds is 8. The van der Waals surface area contributed by atoms with E-state index in [2.05, 4.69) is 15.1 Å². The molecule has 4 rings (SSSR count). The summed E-state index contributed by atoms with van der Waals surface area (Å²) < 4.78 is 12.3. The second-order valence-electron chi connectivity index (χ2n) is 7.35. The number of carbonyl (C=O) groups excluding carboxylic acids is 2. The third kappa shape index (κ3) is 4.67. The van der Waals surface area contributed by atoms with Gasteiger partial charge in [-0.3, -0.25) is 14.2 Å². The summed E-state index contributed by atoms with van der Waals surface area (Å²) in [4.78, 5) is 33.6. The van der Waals surface area contributed by atoms with Crippen molar-refractivity contribution in [3.05, 3.63) is 70.3 Å². The largest absolute Gasteiger partial charge is 0.457 e. The first kappa shape index (κ1) is 21.6. The van der Waals surface area contributed by atoms with Crippen LogP contribution in [-0.4, -0.2) is 38.1 Å². The van der Waals surface area contributed by atoms with Crippen LogP contribution < -0.4 is 0 Å². The zero-order chi connectivity index (χ0) is 22.7. The number of Topliss-reactive ketones (excluding diaryl/α,β-unsaturated/α-hetero) is 1. The summed E-state index contributed by atoms with van der Waals surface area (Å²) in [7, 11) is 0. The highest BCUT2D eigenvalue weighted by molar-refractivity contribution is 7.12. The number of thiazole rings is 1. The number of ether oxygens (including phenoxy) is 1. The number of hydrogen-bond acceptors (Lipinski definition) is 8. The van der Waals surface area contributed by atoms with Crippen molar-refractivity contribution >= 4 is 23.1 Å². The van der Waals surface area contributed by atoms with Gasteiger partial charge in [-0.25, -0.2) is 4.98 Å². The molecule has 164 valence electrons. The molecule has 0 N–H and O–H groups in total. The molecule has 0 saturated heterocycles. The van der Waals surface area contributed by atoms with Gasteiger partial charge >= 0.3 is 5.97 Å². The Kier molecular flexibility index (Phi) is 6.27. The highest BCUT2D eigenvalue weighted by Crippen LogP contribution is 2.24. The quantitative estimate of drug-likeness (QED) is 0.292. The highest BCUT2D eigenvalue weighted by atomic mass is 32.1. The monoisotopic (exact) mass is 450 g/mol. The smallest absolute Gasteiger partial charge is 0.306 e. The maximum absolute atomic E-state index is 12.7. The molecule has 32 heavy (non-hydrogen) atoms. The average Bonchev–Trinajstić information content (AvgIpc) is 3.50. The van der Waals surface area contributed by atoms with E-state index < -0.39 is 5.97 Å². The number of nitrogens with zero attached hydrogens (tertiary/aromatic N) is 4. The van der Waals surface area contributed by atoms with E-state index in [4.69, 9.17) is 9.26 Å². The normalized spacial score (nSPS) is 11.0. The van der Waals surface area contributed by atoms with Crippen molar-refractivity contribution in [2.24, 2.45) is 0 Å². The molecule has 0 fully saturated rings. The van der Waals surface area contributed by atoms with Gasteiger partial charge in [0.1, 0.15) is 0 Å². The molecule has 0 atom stereocenters. The van der Waals surface area contributed by atoms with Gasteiger partial charge in [-0.2, -0.15) is 4.98 Å². The number of carbonyl (C=O) groups is 2. The van der Waals surface area contributed by atoms with Gasteiger partial charge < -0.3 is 9.26 Å². The predicted molar refractivity (Wildman–Crippen MR) is 119 cm³/mol. The van der Waals surface area contributed by atoms with Gasteiger partial charge in [0.05, 0.1) is 12.1 Å². The minimum Gasteiger partial charge on any atom is -0.457 e. The standard InChI is InChI=1S/C23H22N4O4S/c1-14-13-32-23(24-14)27-15(2)11-18(16(27)3)19(28)12-30-21(29)10-9-20-25-22(26-31-20)17-7-5-4-6-8-17/h4-8,11,13H,9-10,12H2,1-3H3. The second-order valence-corrected chi connectivity index (χ2v) is 8.19. The minimum atomic E-state index is -0.498. The fourth-order valence-corrected chi connectivity index (χ4v) is 4.26. The molecule has 1 aromatic carbocycles. The number of aryl methyl sites for hydroxylation is 3. The first-order chi connectivity index (χ1) is 15.4. The summed E-state index contributed by atoms with van der Waals surface area (Å²) in [6, 6.07) is 11.2. The predicted octanol–water partition coefficient (Wildman–Crippen LogP) is 4.27. The Morgan fingerprint density at radius 3 is 2.62 bits per heavy atom. The molecule has 0 spiro atoms. The van der Waals surface area contributed by atoms with E-state index in [1.165, 1.54) is 11.3 Å². The molecule has 0 amide bonds. The Morgan fingerprint density at radius 2 is 1.91 bits per heavy atom. The van der Waals surface area contributed by atoms with Gasteiger partial charge in [0.2, 0.25) is 17.5 Å². The van der Waals surface area contributed by atoms with Gasteiger partial charge in [-0.15, -0.1) is 11.3 Å². The SMILES string of the molecule is Cc1csc(-n2c(C)cc(C(=O)COC(=O)CCc3nc(-c4ccccc4)no3)c2C)n1. The molecule has 0 unspecified atom stereocenters. The van der Waals surface area contributed by atoms with Gasteiger partial charge in [-0.05, 0) is 26.8 Å². The Bertz CT molecular complexity index is 1260. The van der Waals surface area contributed by atoms with E-state index in [9.17, 15) is 9.59 Å². The molecule has 9 heteroatoms. The lowest BCUT2D eigenvalue weighted by Gasteiger charge is -2.06. The summed E-state index contributed by atoms with van der Waals surface area (Å²) in [5, 5.41) is 6.70. The average molecular weight is 451 g/mol. The van der Waals surface area contributed by atoms with E-state index in [-0.39, 0.29) is 25.2 Å². The van der Waals surface area contributed by atoms with E-state index >= 15 is 0 Å². The van der Waals surface area contributed by atoms with Crippen LogP contribution in [0.3, 0.4) is 0 Å². The molecule has 4 aromatic rings. The van der Waals surface area contributed by atoms with Crippen LogP contribution in [0, 0.1) is 20.8 Å². The Labute approximate surface area is 188 Å². The fraction of sp³-hybridized carbons (Fsp3) is 0.261. The number of esters is 1. The van der Waals surface area contributed by atoms with Crippen molar-refractivity contribution in [1.82, 2.24) is 19.7 Å². The van der Waals surface area contributed by atoms with Crippen LogP contribution in [0.2, 0.25) is 0 Å². The summed E-state index contributed by atoms with van der Waals surface area (Å²) in [5.74, 6) is 0.0571. The number of benzene rings is 1. The molecular weight excluding hydrogens is 428 g/mol. The van der Waals surface area contributed by atoms with Gasteiger partial charge in [0.15, 0.2) is 11.7 Å². The fourth-order valence-electron chi connectivity index (χ4n) is 3.35. The van der Waals surface area contributed by atoms with Gasteiger partial charge in [0, 0.05) is 34.3 Å². The number of ketones is 1. The second kappa shape index (κ2) is 9.27. The molecule has 0 radical (unpaired) electrons. The third-order valence-electron chi connectivity index (χ3n) is 4.94. The van der Waals surface area contributed by atoms with Gasteiger partial charge in [-0.1, -0.05) is 35.5 Å². The summed E-state index contributed by atoms with van der Waals surface area (Å²) >= 11 is 1.51. The lowest BCUT2D eigenvalue weighted by atomic mass is 10.1. The molecule has 0 bridgehead atoms. The summed E-state index contributed by atoms with van der Waals surface area (Å²) in [6.07, 6.45) is 0.284. The van der Waals surface area contributed by atoms with Crippen LogP contribution in [0.15, 0.2) is 46.3 Å². The third-order valence-corrected chi connectivity index (χ3v) is 5.88. The zero-order valence-corrected chi connectivity index (χ0v) is 18.8. The maximum atomic E-state index is 12.7. The van der Waals surface area contributed by atoms with Crippen molar-refractivity contribution < 1.29 is 18.8 Å². The Morgan fingerprint density at radius 1 is 1.12 bits per heavy atom. The van der Waals surface area contributed by atoms with Crippen molar-refractivity contribution in [2.45, 2.75) is 33.6 Å². The van der Waals surface area contributed by atoms with Crippen molar-refractivity contribution in [1.29, 1.82) is 0 Å². The van der Waals surface area contributed by atoms with E-state index in [0.29, 0.717) is 17.3 Å². The first-order valence-electron chi connectivity index (χ1n) is 10.1. The molecule has 0 aliphatic heterocycles. The Hall–Kier alpha value is -3.59.